The van der Waals surface area contributed by atoms with Crippen LogP contribution in [0.25, 0.3) is 0 Å². The molecule has 0 spiro atoms. The second kappa shape index (κ2) is 14.9. The topological polar surface area (TPSA) is 0 Å². The van der Waals surface area contributed by atoms with Crippen LogP contribution < -0.4 is 0 Å². The number of alkyl halides is 1. The van der Waals surface area contributed by atoms with Gasteiger partial charge in [0.15, 0.2) is 0 Å². The van der Waals surface area contributed by atoms with Crippen molar-refractivity contribution in [1.29, 1.82) is 0 Å². The lowest BCUT2D eigenvalue weighted by Crippen LogP contribution is -2.39. The van der Waals surface area contributed by atoms with Gasteiger partial charge in [-0.05, 0) is 54.8 Å². The molecule has 30 heavy (non-hydrogen) atoms. The first-order valence-corrected chi connectivity index (χ1v) is 15.9. The first kappa shape index (κ1) is 25.4. The van der Waals surface area contributed by atoms with Crippen LogP contribution in [0.15, 0.2) is 11.5 Å². The van der Waals surface area contributed by atoms with Crippen LogP contribution in [0.3, 0.4) is 0 Å². The summed E-state index contributed by atoms with van der Waals surface area (Å²) in [4.78, 5) is 0. The molecule has 4 saturated carbocycles. The van der Waals surface area contributed by atoms with E-state index in [4.69, 9.17) is 0 Å². The van der Waals surface area contributed by atoms with Gasteiger partial charge in [-0.25, -0.2) is 0 Å². The Bertz CT molecular complexity index is 440. The Morgan fingerprint density at radius 2 is 1.10 bits per heavy atom. The van der Waals surface area contributed by atoms with E-state index in [9.17, 15) is 0 Å². The van der Waals surface area contributed by atoms with Gasteiger partial charge in [-0.3, -0.25) is 0 Å². The summed E-state index contributed by atoms with van der Waals surface area (Å²) < 4.78 is 0.961. The van der Waals surface area contributed by atoms with Crippen molar-refractivity contribution in [3.05, 3.63) is 11.5 Å². The first-order chi connectivity index (χ1) is 14.8. The number of allylic oxidation sites excluding steroid dienone is 1. The summed E-state index contributed by atoms with van der Waals surface area (Å²) in [5.41, 5.74) is 0. The van der Waals surface area contributed by atoms with Crippen LogP contribution in [0.5, 0.6) is 0 Å². The van der Waals surface area contributed by atoms with E-state index in [0.29, 0.717) is 0 Å². The molecule has 0 bridgehead atoms. The molecule has 5 aliphatic rings. The second-order valence-corrected chi connectivity index (χ2v) is 13.5. The molecular formula is C28H49IS. The van der Waals surface area contributed by atoms with Crippen LogP contribution in [0.4, 0.5) is 0 Å². The van der Waals surface area contributed by atoms with E-state index in [1.807, 2.05) is 0 Å². The third-order valence-corrected chi connectivity index (χ3v) is 11.3. The minimum absolute atomic E-state index is 0.893. The zero-order valence-electron chi connectivity index (χ0n) is 19.8. The quantitative estimate of drug-likeness (QED) is 0.180. The highest BCUT2D eigenvalue weighted by molar-refractivity contribution is 14.1. The SMILES string of the molecule is C1CCCCC1.C1CCCCCC1.CC1C2C=CSC2CCC1C1CCCCC1I. The minimum atomic E-state index is 0.893. The van der Waals surface area contributed by atoms with Gasteiger partial charge in [-0.1, -0.05) is 132 Å². The molecule has 174 valence electrons. The lowest BCUT2D eigenvalue weighted by atomic mass is 9.64. The van der Waals surface area contributed by atoms with Crippen LogP contribution in [-0.4, -0.2) is 9.17 Å². The smallest absolute Gasteiger partial charge is 0.0154 e. The molecule has 0 aromatic carbocycles. The Hall–Kier alpha value is 0.820. The summed E-state index contributed by atoms with van der Waals surface area (Å²) in [6, 6.07) is 0. The predicted octanol–water partition coefficient (Wildman–Crippen LogP) is 10.3. The van der Waals surface area contributed by atoms with Gasteiger partial charge in [0.25, 0.3) is 0 Å². The molecule has 4 aliphatic carbocycles. The van der Waals surface area contributed by atoms with Gasteiger partial charge in [0.05, 0.1) is 0 Å². The zero-order valence-corrected chi connectivity index (χ0v) is 22.8. The normalized spacial score (nSPS) is 38.9. The Balaban J connectivity index is 0.000000161. The van der Waals surface area contributed by atoms with E-state index in [1.54, 1.807) is 0 Å². The van der Waals surface area contributed by atoms with Gasteiger partial charge in [-0.2, -0.15) is 0 Å². The maximum absolute atomic E-state index is 2.75. The number of fused-ring (bicyclic) bond motifs is 1. The van der Waals surface area contributed by atoms with Crippen LogP contribution in [-0.2, 0) is 0 Å². The number of rotatable bonds is 1. The monoisotopic (exact) mass is 544 g/mol. The lowest BCUT2D eigenvalue weighted by Gasteiger charge is -2.44. The van der Waals surface area contributed by atoms with Crippen molar-refractivity contribution in [2.24, 2.45) is 23.7 Å². The summed E-state index contributed by atoms with van der Waals surface area (Å²) >= 11 is 4.85. The highest BCUT2D eigenvalue weighted by Crippen LogP contribution is 2.51. The van der Waals surface area contributed by atoms with E-state index < -0.39 is 0 Å². The molecule has 4 fully saturated rings. The van der Waals surface area contributed by atoms with Crippen molar-refractivity contribution in [1.82, 2.24) is 0 Å². The maximum Gasteiger partial charge on any atom is 0.0154 e. The highest BCUT2D eigenvalue weighted by atomic mass is 127. The summed E-state index contributed by atoms with van der Waals surface area (Å²) in [7, 11) is 0. The molecule has 0 radical (unpaired) electrons. The Labute approximate surface area is 206 Å². The standard InChI is InChI=1S/C15H23IS.C7H14.C6H12/c1-10-11(13-4-2-3-5-14(13)16)6-7-15-12(10)8-9-17-15;1-2-4-6-7-5-3-1;1-2-4-6-5-3-1/h8-15H,2-7H2,1H3;1-7H2;1-6H2. The fraction of sp³-hybridized carbons (Fsp3) is 0.929. The van der Waals surface area contributed by atoms with Crippen LogP contribution in [0.2, 0.25) is 0 Å². The molecule has 0 aromatic rings. The van der Waals surface area contributed by atoms with E-state index in [2.05, 4.69) is 52.8 Å². The largest absolute Gasteiger partial charge is 0.130 e. The van der Waals surface area contributed by atoms with Crippen molar-refractivity contribution in [2.45, 2.75) is 138 Å². The van der Waals surface area contributed by atoms with Crippen molar-refractivity contribution >= 4 is 34.4 Å². The molecule has 0 N–H and O–H groups in total. The van der Waals surface area contributed by atoms with Gasteiger partial charge in [0, 0.05) is 9.17 Å². The van der Waals surface area contributed by atoms with Gasteiger partial charge >= 0.3 is 0 Å². The van der Waals surface area contributed by atoms with Crippen molar-refractivity contribution in [3.63, 3.8) is 0 Å². The van der Waals surface area contributed by atoms with E-state index in [1.165, 1.54) is 122 Å². The maximum atomic E-state index is 2.75. The highest BCUT2D eigenvalue weighted by Gasteiger charge is 2.42. The molecule has 1 heterocycles. The fourth-order valence-corrected chi connectivity index (χ4v) is 9.23. The molecule has 0 saturated heterocycles. The Morgan fingerprint density at radius 3 is 1.60 bits per heavy atom. The Kier molecular flexibility index (Phi) is 12.6. The molecule has 1 aliphatic heterocycles. The van der Waals surface area contributed by atoms with Crippen molar-refractivity contribution in [3.8, 4) is 0 Å². The van der Waals surface area contributed by atoms with Crippen LogP contribution in [0, 0.1) is 23.7 Å². The summed E-state index contributed by atoms with van der Waals surface area (Å²) in [6.45, 7) is 2.54. The van der Waals surface area contributed by atoms with Gasteiger partial charge < -0.3 is 0 Å². The predicted molar refractivity (Wildman–Crippen MR) is 146 cm³/mol. The Morgan fingerprint density at radius 1 is 0.600 bits per heavy atom. The molecule has 5 rings (SSSR count). The second-order valence-electron chi connectivity index (χ2n) is 10.7. The first-order valence-electron chi connectivity index (χ1n) is 13.7. The molecule has 0 nitrogen and oxygen atoms in total. The fourth-order valence-electron chi connectivity index (χ4n) is 6.63. The summed E-state index contributed by atoms with van der Waals surface area (Å²) in [6.07, 6.45) is 30.9. The van der Waals surface area contributed by atoms with E-state index >= 15 is 0 Å². The minimum Gasteiger partial charge on any atom is -0.130 e. The molecule has 6 unspecified atom stereocenters. The van der Waals surface area contributed by atoms with Gasteiger partial charge in [0.1, 0.15) is 0 Å². The third-order valence-electron chi connectivity index (χ3n) is 8.58. The van der Waals surface area contributed by atoms with Crippen LogP contribution >= 0.6 is 34.4 Å². The average Bonchev–Trinajstić information content (AvgIpc) is 3.08. The zero-order chi connectivity index (χ0) is 21.0. The molecule has 0 aromatic heterocycles. The summed E-state index contributed by atoms with van der Waals surface area (Å²) in [5.74, 6) is 3.87. The van der Waals surface area contributed by atoms with Crippen molar-refractivity contribution in [2.75, 3.05) is 0 Å². The van der Waals surface area contributed by atoms with Crippen LogP contribution in [0.1, 0.15) is 129 Å². The molecule has 6 atom stereocenters. The number of hydrogen-bond acceptors (Lipinski definition) is 1. The third kappa shape index (κ3) is 8.31. The molecular weight excluding hydrogens is 495 g/mol. The molecule has 2 heteroatoms. The van der Waals surface area contributed by atoms with E-state index in [0.717, 1.165) is 32.8 Å². The van der Waals surface area contributed by atoms with Gasteiger partial charge in [0.2, 0.25) is 0 Å². The summed E-state index contributed by atoms with van der Waals surface area (Å²) in [5, 5.41) is 3.30. The number of hydrogen-bond donors (Lipinski definition) is 0. The molecule has 0 amide bonds. The average molecular weight is 545 g/mol. The van der Waals surface area contributed by atoms with Gasteiger partial charge in [-0.15, -0.1) is 11.8 Å². The number of halogens is 1. The van der Waals surface area contributed by atoms with E-state index in [-0.39, 0.29) is 0 Å². The number of thioether (sulfide) groups is 1. The van der Waals surface area contributed by atoms with Crippen molar-refractivity contribution < 1.29 is 0 Å². The lowest BCUT2D eigenvalue weighted by molar-refractivity contribution is 0.124.